The number of amides is 1. The average molecular weight is 326 g/mol. The number of rotatable bonds is 5. The van der Waals surface area contributed by atoms with Gasteiger partial charge in [-0.2, -0.15) is 0 Å². The minimum atomic E-state index is -1.08. The van der Waals surface area contributed by atoms with E-state index in [0.717, 1.165) is 25.9 Å². The van der Waals surface area contributed by atoms with Gasteiger partial charge in [-0.1, -0.05) is 18.2 Å². The minimum absolute atomic E-state index is 0.192. The second-order valence-corrected chi connectivity index (χ2v) is 5.56. The molecule has 3 rings (SSSR count). The van der Waals surface area contributed by atoms with Crippen LogP contribution in [0.2, 0.25) is 0 Å². The van der Waals surface area contributed by atoms with Gasteiger partial charge < -0.3 is 10.0 Å². The van der Waals surface area contributed by atoms with E-state index < -0.39 is 18.4 Å². The van der Waals surface area contributed by atoms with Crippen LogP contribution in [-0.2, 0) is 4.79 Å². The normalized spacial score (nSPS) is 13.8. The molecule has 2 heterocycles. The Morgan fingerprint density at radius 3 is 2.50 bits per heavy atom. The number of para-hydroxylation sites is 1. The zero-order valence-electron chi connectivity index (χ0n) is 13.1. The number of nitrogens with zero attached hydrogens (tertiary/aromatic N) is 4. The van der Waals surface area contributed by atoms with E-state index in [1.54, 1.807) is 24.3 Å². The summed E-state index contributed by atoms with van der Waals surface area (Å²) in [4.78, 5) is 35.8. The van der Waals surface area contributed by atoms with Crippen LogP contribution in [0.5, 0.6) is 0 Å². The fourth-order valence-electron chi connectivity index (χ4n) is 2.70. The van der Waals surface area contributed by atoms with Crippen molar-refractivity contribution in [2.24, 2.45) is 0 Å². The van der Waals surface area contributed by atoms with Gasteiger partial charge >= 0.3 is 5.97 Å². The molecule has 0 bridgehead atoms. The first-order valence-electron chi connectivity index (χ1n) is 7.82. The molecule has 1 aromatic heterocycles. The van der Waals surface area contributed by atoms with Gasteiger partial charge in [0.25, 0.3) is 5.91 Å². The Morgan fingerprint density at radius 1 is 1.12 bits per heavy atom. The number of benzene rings is 1. The summed E-state index contributed by atoms with van der Waals surface area (Å²) >= 11 is 0. The van der Waals surface area contributed by atoms with Crippen LogP contribution in [0.1, 0.15) is 23.3 Å². The first-order valence-corrected chi connectivity index (χ1v) is 7.82. The van der Waals surface area contributed by atoms with E-state index in [2.05, 4.69) is 9.97 Å². The van der Waals surface area contributed by atoms with E-state index in [1.165, 1.54) is 17.2 Å². The Balaban J connectivity index is 1.89. The number of carbonyl (C=O) groups is 2. The fourth-order valence-corrected chi connectivity index (χ4v) is 2.70. The molecule has 0 aliphatic carbocycles. The standard InChI is InChI=1S/C17H18N4O3/c22-15(23)12-21(13-6-2-1-3-7-13)16(24)14-8-9-18-17(19-14)20-10-4-5-11-20/h1-3,6-9H,4-5,10-12H2,(H,22,23). The Labute approximate surface area is 139 Å². The van der Waals surface area contributed by atoms with Crippen molar-refractivity contribution in [1.29, 1.82) is 0 Å². The molecule has 0 unspecified atom stereocenters. The second-order valence-electron chi connectivity index (χ2n) is 5.56. The van der Waals surface area contributed by atoms with Gasteiger partial charge in [-0.15, -0.1) is 0 Å². The zero-order valence-corrected chi connectivity index (χ0v) is 13.1. The van der Waals surface area contributed by atoms with Crippen LogP contribution >= 0.6 is 0 Å². The van der Waals surface area contributed by atoms with Crippen molar-refractivity contribution in [2.45, 2.75) is 12.8 Å². The summed E-state index contributed by atoms with van der Waals surface area (Å²) in [6.45, 7) is 1.32. The van der Waals surface area contributed by atoms with Gasteiger partial charge in [0.2, 0.25) is 5.95 Å². The maximum atomic E-state index is 12.8. The lowest BCUT2D eigenvalue weighted by molar-refractivity contribution is -0.135. The molecule has 1 aliphatic heterocycles. The topological polar surface area (TPSA) is 86.6 Å². The SMILES string of the molecule is O=C(O)CN(C(=O)c1ccnc(N2CCCC2)n1)c1ccccc1. The van der Waals surface area contributed by atoms with Crippen LogP contribution in [0, 0.1) is 0 Å². The number of carboxylic acids is 1. The molecular formula is C17H18N4O3. The van der Waals surface area contributed by atoms with Crippen LogP contribution in [0.15, 0.2) is 42.6 Å². The molecule has 7 nitrogen and oxygen atoms in total. The molecule has 0 atom stereocenters. The molecule has 7 heteroatoms. The third-order valence-electron chi connectivity index (χ3n) is 3.86. The van der Waals surface area contributed by atoms with Crippen LogP contribution < -0.4 is 9.80 Å². The highest BCUT2D eigenvalue weighted by molar-refractivity contribution is 6.07. The molecule has 1 aliphatic rings. The monoisotopic (exact) mass is 326 g/mol. The molecule has 1 saturated heterocycles. The number of aliphatic carboxylic acids is 1. The van der Waals surface area contributed by atoms with Crippen molar-refractivity contribution >= 4 is 23.5 Å². The molecule has 1 fully saturated rings. The van der Waals surface area contributed by atoms with Crippen molar-refractivity contribution < 1.29 is 14.7 Å². The molecule has 1 aromatic carbocycles. The number of aromatic nitrogens is 2. The van der Waals surface area contributed by atoms with Crippen molar-refractivity contribution in [1.82, 2.24) is 9.97 Å². The summed E-state index contributed by atoms with van der Waals surface area (Å²) in [5.41, 5.74) is 0.711. The summed E-state index contributed by atoms with van der Waals surface area (Å²) in [5, 5.41) is 9.13. The highest BCUT2D eigenvalue weighted by Crippen LogP contribution is 2.19. The number of anilines is 2. The quantitative estimate of drug-likeness (QED) is 0.902. The largest absolute Gasteiger partial charge is 0.480 e. The number of carbonyl (C=O) groups excluding carboxylic acids is 1. The Kier molecular flexibility index (Phi) is 4.69. The van der Waals surface area contributed by atoms with Crippen molar-refractivity contribution in [3.05, 3.63) is 48.3 Å². The van der Waals surface area contributed by atoms with Gasteiger partial charge in [0.05, 0.1) is 0 Å². The maximum absolute atomic E-state index is 12.8. The van der Waals surface area contributed by atoms with E-state index in [1.807, 2.05) is 11.0 Å². The van der Waals surface area contributed by atoms with Gasteiger partial charge in [-0.05, 0) is 31.0 Å². The molecule has 24 heavy (non-hydrogen) atoms. The maximum Gasteiger partial charge on any atom is 0.323 e. The zero-order chi connectivity index (χ0) is 16.9. The molecule has 1 amide bonds. The van der Waals surface area contributed by atoms with Gasteiger partial charge in [-0.25, -0.2) is 9.97 Å². The molecular weight excluding hydrogens is 308 g/mol. The van der Waals surface area contributed by atoms with Crippen LogP contribution in [-0.4, -0.2) is 46.6 Å². The molecule has 0 spiro atoms. The van der Waals surface area contributed by atoms with Crippen molar-refractivity contribution in [3.63, 3.8) is 0 Å². The summed E-state index contributed by atoms with van der Waals surface area (Å²) in [6.07, 6.45) is 3.70. The van der Waals surface area contributed by atoms with Gasteiger partial charge in [0.1, 0.15) is 12.2 Å². The third kappa shape index (κ3) is 3.51. The van der Waals surface area contributed by atoms with Crippen LogP contribution in [0.25, 0.3) is 0 Å². The smallest absolute Gasteiger partial charge is 0.323 e. The third-order valence-corrected chi connectivity index (χ3v) is 3.86. The van der Waals surface area contributed by atoms with Crippen molar-refractivity contribution in [2.75, 3.05) is 29.4 Å². The average Bonchev–Trinajstić information content (AvgIpc) is 3.14. The highest BCUT2D eigenvalue weighted by atomic mass is 16.4. The Bertz CT molecular complexity index is 730. The minimum Gasteiger partial charge on any atom is -0.480 e. The second kappa shape index (κ2) is 7.08. The predicted molar refractivity (Wildman–Crippen MR) is 89.2 cm³/mol. The van der Waals surface area contributed by atoms with Gasteiger partial charge in [0.15, 0.2) is 0 Å². The lowest BCUT2D eigenvalue weighted by atomic mass is 10.2. The molecule has 2 aromatic rings. The summed E-state index contributed by atoms with van der Waals surface area (Å²) < 4.78 is 0. The van der Waals surface area contributed by atoms with E-state index in [9.17, 15) is 9.59 Å². The Hall–Kier alpha value is -2.96. The fraction of sp³-hybridized carbons (Fsp3) is 0.294. The molecule has 1 N–H and O–H groups in total. The molecule has 124 valence electrons. The van der Waals surface area contributed by atoms with Crippen molar-refractivity contribution in [3.8, 4) is 0 Å². The summed E-state index contributed by atoms with van der Waals surface area (Å²) in [5.74, 6) is -1.02. The van der Waals surface area contributed by atoms with E-state index in [0.29, 0.717) is 11.6 Å². The number of hydrogen-bond donors (Lipinski definition) is 1. The molecule has 0 radical (unpaired) electrons. The first-order chi connectivity index (χ1) is 11.6. The first kappa shape index (κ1) is 15.9. The van der Waals surface area contributed by atoms with Gasteiger partial charge in [-0.3, -0.25) is 14.5 Å². The van der Waals surface area contributed by atoms with E-state index in [-0.39, 0.29) is 5.69 Å². The summed E-state index contributed by atoms with van der Waals surface area (Å²) in [6, 6.07) is 10.2. The van der Waals surface area contributed by atoms with E-state index in [4.69, 9.17) is 5.11 Å². The van der Waals surface area contributed by atoms with Gasteiger partial charge in [0, 0.05) is 25.0 Å². The predicted octanol–water partition coefficient (Wildman–Crippen LogP) is 1.81. The number of carboxylic acid groups (broad SMARTS) is 1. The van der Waals surface area contributed by atoms with E-state index >= 15 is 0 Å². The lowest BCUT2D eigenvalue weighted by Gasteiger charge is -2.21. The Morgan fingerprint density at radius 2 is 1.83 bits per heavy atom. The molecule has 0 saturated carbocycles. The lowest BCUT2D eigenvalue weighted by Crippen LogP contribution is -2.36. The highest BCUT2D eigenvalue weighted by Gasteiger charge is 2.23. The van der Waals surface area contributed by atoms with Crippen LogP contribution in [0.3, 0.4) is 0 Å². The number of hydrogen-bond acceptors (Lipinski definition) is 5. The van der Waals surface area contributed by atoms with Crippen LogP contribution in [0.4, 0.5) is 11.6 Å². The summed E-state index contributed by atoms with van der Waals surface area (Å²) in [7, 11) is 0.